The second-order valence-electron chi connectivity index (χ2n) is 9.89. The molecule has 0 bridgehead atoms. The quantitative estimate of drug-likeness (QED) is 0.189. The maximum Gasteiger partial charge on any atom is 0.343 e. The van der Waals surface area contributed by atoms with Crippen LogP contribution in [-0.2, 0) is 18.0 Å². The Kier molecular flexibility index (Phi) is 10.2. The van der Waals surface area contributed by atoms with Crippen molar-refractivity contribution in [3.63, 3.8) is 0 Å². The van der Waals surface area contributed by atoms with Crippen molar-refractivity contribution in [2.24, 2.45) is 5.92 Å². The van der Waals surface area contributed by atoms with Gasteiger partial charge in [0.2, 0.25) is 0 Å². The summed E-state index contributed by atoms with van der Waals surface area (Å²) in [4.78, 5) is 25.8. The third kappa shape index (κ3) is 7.37. The Balaban J connectivity index is 1.85. The van der Waals surface area contributed by atoms with Crippen LogP contribution in [0.25, 0.3) is 11.3 Å². The van der Waals surface area contributed by atoms with Gasteiger partial charge in [0.1, 0.15) is 30.3 Å². The summed E-state index contributed by atoms with van der Waals surface area (Å²) in [6.45, 7) is 6.05. The number of rotatable bonds is 12. The molecule has 0 spiro atoms. The Morgan fingerprint density at radius 1 is 0.902 bits per heavy atom. The lowest BCUT2D eigenvalue weighted by Crippen LogP contribution is -2.26. The summed E-state index contributed by atoms with van der Waals surface area (Å²) in [6.07, 6.45) is 1.45. The highest BCUT2D eigenvalue weighted by Crippen LogP contribution is 2.40. The molecular formula is C33H34ClNO6. The smallest absolute Gasteiger partial charge is 0.343 e. The molecular weight excluding hydrogens is 542 g/mol. The highest BCUT2D eigenvalue weighted by atomic mass is 35.5. The van der Waals surface area contributed by atoms with Gasteiger partial charge in [0.15, 0.2) is 5.43 Å². The molecule has 0 aliphatic heterocycles. The summed E-state index contributed by atoms with van der Waals surface area (Å²) in [6, 6.07) is 23.7. The van der Waals surface area contributed by atoms with Crippen LogP contribution >= 0.6 is 11.6 Å². The van der Waals surface area contributed by atoms with Crippen molar-refractivity contribution in [2.75, 3.05) is 13.2 Å². The fourth-order valence-electron chi connectivity index (χ4n) is 4.46. The van der Waals surface area contributed by atoms with Crippen LogP contribution in [0, 0.1) is 5.92 Å². The topological polar surface area (TPSA) is 87.0 Å². The van der Waals surface area contributed by atoms with Gasteiger partial charge < -0.3 is 23.9 Å². The molecule has 4 aromatic rings. The number of hydrogen-bond acceptors (Lipinski definition) is 6. The first-order valence-corrected chi connectivity index (χ1v) is 13.9. The van der Waals surface area contributed by atoms with E-state index in [-0.39, 0.29) is 31.3 Å². The van der Waals surface area contributed by atoms with Crippen LogP contribution < -0.4 is 14.9 Å². The fraction of sp³-hybridized carbons (Fsp3) is 0.273. The summed E-state index contributed by atoms with van der Waals surface area (Å²) in [5.74, 6) is 0.0937. The zero-order chi connectivity index (χ0) is 29.4. The number of halogens is 1. The molecule has 1 atom stereocenters. The Morgan fingerprint density at radius 3 is 2.02 bits per heavy atom. The molecule has 0 unspecified atom stereocenters. The number of carbonyl (C=O) groups is 1. The fourth-order valence-corrected chi connectivity index (χ4v) is 4.68. The second kappa shape index (κ2) is 14.0. The van der Waals surface area contributed by atoms with Crippen molar-refractivity contribution in [3.05, 3.63) is 117 Å². The molecule has 0 aliphatic rings. The van der Waals surface area contributed by atoms with Crippen LogP contribution in [0.1, 0.15) is 48.3 Å². The average Bonchev–Trinajstić information content (AvgIpc) is 2.97. The van der Waals surface area contributed by atoms with Gasteiger partial charge in [-0.1, -0.05) is 86.1 Å². The lowest BCUT2D eigenvalue weighted by molar-refractivity contribution is 0.0523. The van der Waals surface area contributed by atoms with Gasteiger partial charge in [0.05, 0.1) is 30.0 Å². The number of aliphatic hydroxyl groups excluding tert-OH is 1. The van der Waals surface area contributed by atoms with Crippen molar-refractivity contribution in [3.8, 4) is 22.8 Å². The number of carbonyl (C=O) groups excluding carboxylic acids is 1. The minimum atomic E-state index is -0.721. The van der Waals surface area contributed by atoms with Gasteiger partial charge in [-0.3, -0.25) is 4.79 Å². The third-order valence-corrected chi connectivity index (χ3v) is 6.97. The summed E-state index contributed by atoms with van der Waals surface area (Å²) in [7, 11) is 0. The molecule has 1 N–H and O–H groups in total. The molecule has 0 fully saturated rings. The number of esters is 1. The number of pyridine rings is 1. The van der Waals surface area contributed by atoms with E-state index in [2.05, 4.69) is 0 Å². The Morgan fingerprint density at radius 2 is 1.49 bits per heavy atom. The zero-order valence-electron chi connectivity index (χ0n) is 23.4. The van der Waals surface area contributed by atoms with Gasteiger partial charge in [-0.05, 0) is 30.0 Å². The Bertz CT molecular complexity index is 1520. The van der Waals surface area contributed by atoms with E-state index >= 15 is 0 Å². The number of benzene rings is 3. The standard InChI is InChI=1S/C33H34ClNO6/c1-4-39-33(38)26-18-35(29(19-36)22(2)3)28(16-30(26)37)25-15-27(34)32(41-21-24-13-9-6-10-14-24)17-31(25)40-20-23-11-7-5-8-12-23/h5-18,22,29,36H,4,19-21H2,1-3H3/t29-/m0/s1. The Hall–Kier alpha value is -4.07. The van der Waals surface area contributed by atoms with Crippen molar-refractivity contribution < 1.29 is 24.1 Å². The molecule has 8 heteroatoms. The van der Waals surface area contributed by atoms with E-state index in [0.29, 0.717) is 34.4 Å². The number of hydrogen-bond donors (Lipinski definition) is 1. The van der Waals surface area contributed by atoms with E-state index in [9.17, 15) is 14.7 Å². The number of aromatic nitrogens is 1. The molecule has 0 saturated heterocycles. The minimum absolute atomic E-state index is 0.0334. The maximum atomic E-state index is 13.2. The van der Waals surface area contributed by atoms with Gasteiger partial charge in [0.25, 0.3) is 0 Å². The zero-order valence-corrected chi connectivity index (χ0v) is 24.1. The van der Waals surface area contributed by atoms with Crippen LogP contribution in [0.4, 0.5) is 0 Å². The van der Waals surface area contributed by atoms with E-state index < -0.39 is 17.4 Å². The highest BCUT2D eigenvalue weighted by Gasteiger charge is 2.24. The predicted octanol–water partition coefficient (Wildman–Crippen LogP) is 6.69. The van der Waals surface area contributed by atoms with Crippen molar-refractivity contribution in [2.45, 2.75) is 40.0 Å². The van der Waals surface area contributed by atoms with Gasteiger partial charge >= 0.3 is 5.97 Å². The van der Waals surface area contributed by atoms with Crippen molar-refractivity contribution >= 4 is 17.6 Å². The molecule has 7 nitrogen and oxygen atoms in total. The summed E-state index contributed by atoms with van der Waals surface area (Å²) < 4.78 is 19.2. The van der Waals surface area contributed by atoms with Crippen molar-refractivity contribution in [1.82, 2.24) is 4.57 Å². The molecule has 1 aromatic heterocycles. The third-order valence-electron chi connectivity index (χ3n) is 6.67. The second-order valence-corrected chi connectivity index (χ2v) is 10.3. The highest BCUT2D eigenvalue weighted by molar-refractivity contribution is 6.32. The normalized spacial score (nSPS) is 11.8. The lowest BCUT2D eigenvalue weighted by Gasteiger charge is -2.27. The molecule has 4 rings (SSSR count). The van der Waals surface area contributed by atoms with Crippen LogP contribution in [0.15, 0.2) is 89.9 Å². The number of ether oxygens (including phenoxy) is 3. The van der Waals surface area contributed by atoms with Crippen LogP contribution in [0.2, 0.25) is 5.02 Å². The molecule has 0 aliphatic carbocycles. The summed E-state index contributed by atoms with van der Waals surface area (Å²) >= 11 is 6.73. The Labute approximate surface area is 244 Å². The van der Waals surface area contributed by atoms with E-state index in [1.165, 1.54) is 12.3 Å². The van der Waals surface area contributed by atoms with Crippen LogP contribution in [-0.4, -0.2) is 28.9 Å². The lowest BCUT2D eigenvalue weighted by atomic mass is 10.0. The van der Waals surface area contributed by atoms with Gasteiger partial charge in [-0.15, -0.1) is 0 Å². The molecule has 1 heterocycles. The summed E-state index contributed by atoms with van der Waals surface area (Å²) in [5.41, 5.74) is 2.26. The first-order valence-electron chi connectivity index (χ1n) is 13.5. The molecule has 0 saturated carbocycles. The number of nitrogens with zero attached hydrogens (tertiary/aromatic N) is 1. The van der Waals surface area contributed by atoms with Crippen LogP contribution in [0.3, 0.4) is 0 Å². The van der Waals surface area contributed by atoms with E-state index in [1.807, 2.05) is 74.5 Å². The molecule has 3 aromatic carbocycles. The van der Waals surface area contributed by atoms with Gasteiger partial charge in [0, 0.05) is 23.9 Å². The largest absolute Gasteiger partial charge is 0.488 e. The summed E-state index contributed by atoms with van der Waals surface area (Å²) in [5, 5.41) is 10.7. The van der Waals surface area contributed by atoms with E-state index in [1.54, 1.807) is 23.6 Å². The SMILES string of the molecule is CCOC(=O)c1cn([C@@H](CO)C(C)C)c(-c2cc(Cl)c(OCc3ccccc3)cc2OCc2ccccc2)cc1=O. The van der Waals surface area contributed by atoms with E-state index in [4.69, 9.17) is 25.8 Å². The first kappa shape index (κ1) is 29.9. The number of aliphatic hydroxyl groups is 1. The molecule has 41 heavy (non-hydrogen) atoms. The predicted molar refractivity (Wildman–Crippen MR) is 160 cm³/mol. The minimum Gasteiger partial charge on any atom is -0.488 e. The van der Waals surface area contributed by atoms with Crippen LogP contribution in [0.5, 0.6) is 11.5 Å². The van der Waals surface area contributed by atoms with Gasteiger partial charge in [-0.25, -0.2) is 4.79 Å². The molecule has 0 amide bonds. The molecule has 214 valence electrons. The first-order chi connectivity index (χ1) is 19.8. The molecule has 0 radical (unpaired) electrons. The average molecular weight is 576 g/mol. The van der Waals surface area contributed by atoms with Crippen molar-refractivity contribution in [1.29, 1.82) is 0 Å². The van der Waals surface area contributed by atoms with E-state index in [0.717, 1.165) is 11.1 Å². The maximum absolute atomic E-state index is 13.2. The monoisotopic (exact) mass is 575 g/mol. The van der Waals surface area contributed by atoms with Gasteiger partial charge in [-0.2, -0.15) is 0 Å².